The Bertz CT molecular complexity index is 867. The molecule has 2 amide bonds. The molecule has 3 rings (SSSR count). The van der Waals surface area contributed by atoms with E-state index in [0.29, 0.717) is 11.4 Å². The molecular weight excluding hydrogens is 326 g/mol. The third kappa shape index (κ3) is 4.14. The van der Waals surface area contributed by atoms with Crippen molar-refractivity contribution in [3.05, 3.63) is 78.3 Å². The van der Waals surface area contributed by atoms with Gasteiger partial charge in [-0.1, -0.05) is 36.4 Å². The summed E-state index contributed by atoms with van der Waals surface area (Å²) in [6.45, 7) is 0.0876. The highest BCUT2D eigenvalue weighted by atomic mass is 19.1. The van der Waals surface area contributed by atoms with Gasteiger partial charge in [-0.2, -0.15) is 0 Å². The second-order valence-corrected chi connectivity index (χ2v) is 5.16. The van der Waals surface area contributed by atoms with E-state index in [-0.39, 0.29) is 6.54 Å². The van der Waals surface area contributed by atoms with Crippen LogP contribution in [0.5, 0.6) is 0 Å². The van der Waals surface area contributed by atoms with E-state index in [2.05, 4.69) is 20.6 Å². The number of amides is 2. The number of benzene rings is 2. The molecule has 0 radical (unpaired) electrons. The van der Waals surface area contributed by atoms with Crippen molar-refractivity contribution in [2.75, 3.05) is 5.32 Å². The van der Waals surface area contributed by atoms with Gasteiger partial charge in [0.15, 0.2) is 0 Å². The second-order valence-electron chi connectivity index (χ2n) is 5.16. The molecule has 126 valence electrons. The zero-order valence-electron chi connectivity index (χ0n) is 13.0. The summed E-state index contributed by atoms with van der Waals surface area (Å²) >= 11 is 0. The number of halogens is 2. The Morgan fingerprint density at radius 3 is 2.40 bits per heavy atom. The maximum atomic E-state index is 13.5. The lowest BCUT2D eigenvalue weighted by Crippen LogP contribution is -2.29. The predicted octanol–water partition coefficient (Wildman–Crippen LogP) is 3.74. The van der Waals surface area contributed by atoms with E-state index >= 15 is 0 Å². The van der Waals surface area contributed by atoms with Crippen LogP contribution in [0.15, 0.2) is 60.9 Å². The molecule has 0 atom stereocenters. The number of carbonyl (C=O) groups is 1. The summed E-state index contributed by atoms with van der Waals surface area (Å²) in [5.74, 6) is -1.69. The SMILES string of the molecule is O=C(NCc1cc(-c2ccccc2)ncn1)Nc1c(F)cccc1F. The molecule has 0 aliphatic rings. The lowest BCUT2D eigenvalue weighted by molar-refractivity contribution is 0.251. The van der Waals surface area contributed by atoms with Crippen molar-refractivity contribution in [2.24, 2.45) is 0 Å². The molecule has 0 unspecified atom stereocenters. The Morgan fingerprint density at radius 1 is 0.960 bits per heavy atom. The lowest BCUT2D eigenvalue weighted by Gasteiger charge is -2.09. The Hall–Kier alpha value is -3.35. The van der Waals surface area contributed by atoms with Crippen molar-refractivity contribution >= 4 is 11.7 Å². The largest absolute Gasteiger partial charge is 0.332 e. The van der Waals surface area contributed by atoms with Crippen LogP contribution in [0.25, 0.3) is 11.3 Å². The van der Waals surface area contributed by atoms with E-state index < -0.39 is 23.4 Å². The van der Waals surface area contributed by atoms with Crippen LogP contribution in [0.2, 0.25) is 0 Å². The highest BCUT2D eigenvalue weighted by Crippen LogP contribution is 2.18. The van der Waals surface area contributed by atoms with Gasteiger partial charge >= 0.3 is 6.03 Å². The third-order valence-corrected chi connectivity index (χ3v) is 3.42. The fraction of sp³-hybridized carbons (Fsp3) is 0.0556. The first kappa shape index (κ1) is 16.5. The van der Waals surface area contributed by atoms with E-state index in [1.165, 1.54) is 12.4 Å². The van der Waals surface area contributed by atoms with Gasteiger partial charge in [0.2, 0.25) is 0 Å². The molecule has 0 saturated heterocycles. The van der Waals surface area contributed by atoms with Crippen LogP contribution in [0, 0.1) is 11.6 Å². The lowest BCUT2D eigenvalue weighted by atomic mass is 10.1. The molecule has 3 aromatic rings. The number of nitrogens with zero attached hydrogens (tertiary/aromatic N) is 2. The molecule has 25 heavy (non-hydrogen) atoms. The van der Waals surface area contributed by atoms with E-state index in [0.717, 1.165) is 17.7 Å². The number of aromatic nitrogens is 2. The summed E-state index contributed by atoms with van der Waals surface area (Å²) < 4.78 is 27.0. The Kier molecular flexibility index (Phi) is 4.94. The van der Waals surface area contributed by atoms with Gasteiger partial charge in [-0.05, 0) is 18.2 Å². The molecule has 0 aliphatic heterocycles. The minimum absolute atomic E-state index is 0.0876. The van der Waals surface area contributed by atoms with Gasteiger partial charge in [0.05, 0.1) is 17.9 Å². The molecule has 7 heteroatoms. The Morgan fingerprint density at radius 2 is 1.68 bits per heavy atom. The molecule has 5 nitrogen and oxygen atoms in total. The highest BCUT2D eigenvalue weighted by molar-refractivity contribution is 5.89. The molecule has 1 heterocycles. The average molecular weight is 340 g/mol. The summed E-state index contributed by atoms with van der Waals surface area (Å²) in [4.78, 5) is 20.1. The van der Waals surface area contributed by atoms with Crippen molar-refractivity contribution in [3.63, 3.8) is 0 Å². The first-order valence-corrected chi connectivity index (χ1v) is 7.48. The summed E-state index contributed by atoms with van der Waals surface area (Å²) in [5.41, 5.74) is 1.71. The van der Waals surface area contributed by atoms with Crippen molar-refractivity contribution in [1.29, 1.82) is 0 Å². The molecule has 2 aromatic carbocycles. The number of hydrogen-bond acceptors (Lipinski definition) is 3. The molecule has 0 saturated carbocycles. The van der Waals surface area contributed by atoms with Crippen molar-refractivity contribution < 1.29 is 13.6 Å². The summed E-state index contributed by atoms with van der Waals surface area (Å²) in [5, 5.41) is 4.66. The number of urea groups is 1. The van der Waals surface area contributed by atoms with Crippen molar-refractivity contribution in [1.82, 2.24) is 15.3 Å². The van der Waals surface area contributed by atoms with Gasteiger partial charge in [0.1, 0.15) is 23.6 Å². The first-order valence-electron chi connectivity index (χ1n) is 7.48. The maximum absolute atomic E-state index is 13.5. The number of rotatable bonds is 4. The molecule has 0 spiro atoms. The van der Waals surface area contributed by atoms with Crippen LogP contribution < -0.4 is 10.6 Å². The van der Waals surface area contributed by atoms with E-state index in [1.54, 1.807) is 6.07 Å². The summed E-state index contributed by atoms with van der Waals surface area (Å²) in [7, 11) is 0. The van der Waals surface area contributed by atoms with Crippen LogP contribution >= 0.6 is 0 Å². The number of anilines is 1. The van der Waals surface area contributed by atoms with Gasteiger partial charge in [-0.25, -0.2) is 23.5 Å². The standard InChI is InChI=1S/C18H14F2N4O/c19-14-7-4-8-15(20)17(14)24-18(25)21-10-13-9-16(23-11-22-13)12-5-2-1-3-6-12/h1-9,11H,10H2,(H2,21,24,25). The molecule has 2 N–H and O–H groups in total. The summed E-state index contributed by atoms with van der Waals surface area (Å²) in [6, 6.07) is 13.9. The maximum Gasteiger partial charge on any atom is 0.319 e. The monoisotopic (exact) mass is 340 g/mol. The van der Waals surface area contributed by atoms with E-state index in [4.69, 9.17) is 0 Å². The van der Waals surface area contributed by atoms with E-state index in [1.807, 2.05) is 30.3 Å². The Labute approximate surface area is 142 Å². The van der Waals surface area contributed by atoms with Gasteiger partial charge in [-0.3, -0.25) is 0 Å². The van der Waals surface area contributed by atoms with Crippen LogP contribution in [0.3, 0.4) is 0 Å². The smallest absolute Gasteiger partial charge is 0.319 e. The van der Waals surface area contributed by atoms with Gasteiger partial charge < -0.3 is 10.6 Å². The molecular formula is C18H14F2N4O. The Balaban J connectivity index is 1.65. The van der Waals surface area contributed by atoms with Crippen molar-refractivity contribution in [2.45, 2.75) is 6.54 Å². The second kappa shape index (κ2) is 7.48. The average Bonchev–Trinajstić information content (AvgIpc) is 2.64. The summed E-state index contributed by atoms with van der Waals surface area (Å²) in [6.07, 6.45) is 1.40. The molecule has 0 fully saturated rings. The highest BCUT2D eigenvalue weighted by Gasteiger charge is 2.11. The van der Waals surface area contributed by atoms with E-state index in [9.17, 15) is 13.6 Å². The predicted molar refractivity (Wildman–Crippen MR) is 89.7 cm³/mol. The zero-order valence-corrected chi connectivity index (χ0v) is 13.0. The van der Waals surface area contributed by atoms with Crippen LogP contribution in [0.1, 0.15) is 5.69 Å². The number of para-hydroxylation sites is 1. The number of nitrogens with one attached hydrogen (secondary N) is 2. The van der Waals surface area contributed by atoms with Crippen molar-refractivity contribution in [3.8, 4) is 11.3 Å². The number of carbonyl (C=O) groups excluding carboxylic acids is 1. The number of hydrogen-bond donors (Lipinski definition) is 2. The van der Waals surface area contributed by atoms with Gasteiger partial charge in [0, 0.05) is 5.56 Å². The molecule has 0 aliphatic carbocycles. The van der Waals surface area contributed by atoms with Gasteiger partial charge in [-0.15, -0.1) is 0 Å². The zero-order chi connectivity index (χ0) is 17.6. The molecule has 0 bridgehead atoms. The topological polar surface area (TPSA) is 66.9 Å². The fourth-order valence-corrected chi connectivity index (χ4v) is 2.21. The first-order chi connectivity index (χ1) is 12.1. The normalized spacial score (nSPS) is 10.3. The van der Waals surface area contributed by atoms with Crippen LogP contribution in [0.4, 0.5) is 19.3 Å². The quantitative estimate of drug-likeness (QED) is 0.760. The third-order valence-electron chi connectivity index (χ3n) is 3.42. The van der Waals surface area contributed by atoms with Crippen LogP contribution in [-0.2, 0) is 6.54 Å². The fourth-order valence-electron chi connectivity index (χ4n) is 2.21. The van der Waals surface area contributed by atoms with Gasteiger partial charge in [0.25, 0.3) is 0 Å². The minimum atomic E-state index is -0.844. The molecule has 1 aromatic heterocycles. The van der Waals surface area contributed by atoms with Crippen LogP contribution in [-0.4, -0.2) is 16.0 Å². The minimum Gasteiger partial charge on any atom is -0.332 e.